The number of nitrogens with one attached hydrogen (secondary N) is 1. The summed E-state index contributed by atoms with van der Waals surface area (Å²) < 4.78 is 11.0. The third-order valence-corrected chi connectivity index (χ3v) is 4.62. The zero-order chi connectivity index (χ0) is 22.2. The predicted octanol–water partition coefficient (Wildman–Crippen LogP) is 4.05. The first kappa shape index (κ1) is 20.6. The Hall–Kier alpha value is -3.68. The third kappa shape index (κ3) is 4.58. The maximum Gasteiger partial charge on any atom is 0.331 e. The van der Waals surface area contributed by atoms with Crippen LogP contribution >= 0.6 is 0 Å². The second-order valence-electron chi connectivity index (χ2n) is 8.35. The minimum Gasteiger partial charge on any atom is -0.458 e. The number of benzene rings is 2. The second-order valence-corrected chi connectivity index (χ2v) is 8.35. The quantitative estimate of drug-likeness (QED) is 0.640. The molecule has 0 unspecified atom stereocenters. The van der Waals surface area contributed by atoms with Gasteiger partial charge in [-0.05, 0) is 51.1 Å². The third-order valence-electron chi connectivity index (χ3n) is 4.62. The molecule has 4 rings (SSSR count). The average Bonchev–Trinajstić information content (AvgIpc) is 3.30. The Morgan fingerprint density at radius 3 is 2.61 bits per heavy atom. The van der Waals surface area contributed by atoms with Crippen LogP contribution in [0.4, 0.5) is 11.4 Å². The number of carbonyl (C=O) groups is 2. The number of esters is 1. The van der Waals surface area contributed by atoms with Crippen molar-refractivity contribution < 1.29 is 18.7 Å². The Bertz CT molecular complexity index is 1160. The molecule has 31 heavy (non-hydrogen) atoms. The van der Waals surface area contributed by atoms with E-state index in [1.807, 2.05) is 51.1 Å². The Morgan fingerprint density at radius 1 is 1.16 bits per heavy atom. The van der Waals surface area contributed by atoms with Crippen molar-refractivity contribution >= 4 is 40.1 Å². The number of hydrazone groups is 1. The van der Waals surface area contributed by atoms with E-state index in [4.69, 9.17) is 9.15 Å². The number of rotatable bonds is 4. The fourth-order valence-corrected chi connectivity index (χ4v) is 3.34. The number of amides is 1. The van der Waals surface area contributed by atoms with Crippen LogP contribution in [0.5, 0.6) is 0 Å². The van der Waals surface area contributed by atoms with Gasteiger partial charge in [0.1, 0.15) is 16.8 Å². The lowest BCUT2D eigenvalue weighted by atomic mass is 10.1. The fourth-order valence-electron chi connectivity index (χ4n) is 3.34. The molecule has 0 saturated carbocycles. The van der Waals surface area contributed by atoms with E-state index in [1.54, 1.807) is 30.1 Å². The predicted molar refractivity (Wildman–Crippen MR) is 118 cm³/mol. The van der Waals surface area contributed by atoms with Crippen molar-refractivity contribution in [2.75, 3.05) is 10.3 Å². The van der Waals surface area contributed by atoms with Gasteiger partial charge < -0.3 is 14.5 Å². The fraction of sp³-hybridized carbons (Fsp3) is 0.304. The number of hydrogen-bond acceptors (Lipinski definition) is 7. The highest BCUT2D eigenvalue weighted by Gasteiger charge is 2.38. The summed E-state index contributed by atoms with van der Waals surface area (Å²) in [5.41, 5.74) is 2.18. The van der Waals surface area contributed by atoms with E-state index in [0.29, 0.717) is 28.4 Å². The van der Waals surface area contributed by atoms with Gasteiger partial charge in [-0.3, -0.25) is 9.80 Å². The molecule has 0 fully saturated rings. The highest BCUT2D eigenvalue weighted by atomic mass is 16.6. The number of para-hydroxylation sites is 1. The van der Waals surface area contributed by atoms with Crippen molar-refractivity contribution in [1.29, 1.82) is 0 Å². The summed E-state index contributed by atoms with van der Waals surface area (Å²) in [6.45, 7) is 7.19. The van der Waals surface area contributed by atoms with Gasteiger partial charge in [-0.25, -0.2) is 9.78 Å². The van der Waals surface area contributed by atoms with Crippen LogP contribution in [-0.2, 0) is 14.3 Å². The number of anilines is 2. The molecule has 0 bridgehead atoms. The first-order valence-electron chi connectivity index (χ1n) is 10.0. The molecule has 1 N–H and O–H groups in total. The lowest BCUT2D eigenvalue weighted by molar-refractivity contribution is -0.156. The molecule has 1 aliphatic rings. The number of aromatic nitrogens is 1. The summed E-state index contributed by atoms with van der Waals surface area (Å²) in [4.78, 5) is 30.0. The Morgan fingerprint density at radius 2 is 1.90 bits per heavy atom. The minimum absolute atomic E-state index is 0.140. The number of oxazole rings is 1. The van der Waals surface area contributed by atoms with Crippen molar-refractivity contribution in [3.05, 3.63) is 54.4 Å². The number of ether oxygens (including phenoxy) is 1. The van der Waals surface area contributed by atoms with Gasteiger partial charge in [-0.2, -0.15) is 5.10 Å². The summed E-state index contributed by atoms with van der Waals surface area (Å²) in [7, 11) is 0. The van der Waals surface area contributed by atoms with Gasteiger partial charge in [0.05, 0.1) is 5.69 Å². The smallest absolute Gasteiger partial charge is 0.331 e. The van der Waals surface area contributed by atoms with E-state index >= 15 is 0 Å². The van der Waals surface area contributed by atoms with Crippen LogP contribution in [0.3, 0.4) is 0 Å². The minimum atomic E-state index is -0.719. The van der Waals surface area contributed by atoms with Gasteiger partial charge >= 0.3 is 5.97 Å². The molecule has 1 amide bonds. The van der Waals surface area contributed by atoms with Crippen LogP contribution in [0.1, 0.15) is 33.1 Å². The Balaban J connectivity index is 1.57. The number of aryl methyl sites for hydroxylation is 1. The zero-order valence-corrected chi connectivity index (χ0v) is 17.9. The van der Waals surface area contributed by atoms with Crippen LogP contribution in [-0.4, -0.2) is 34.2 Å². The molecule has 0 spiro atoms. The standard InChI is InChI=1S/C23H24N4O4/c1-14-24-17-12-15(10-11-20(17)30-14)25-21(28)18-13-19(22(29)31-23(2,3)4)27(26-18)16-8-6-5-7-9-16/h5-12,19H,13H2,1-4H3,(H,25,28)/t19-/m0/s1. The topological polar surface area (TPSA) is 97.0 Å². The molecule has 0 radical (unpaired) electrons. The van der Waals surface area contributed by atoms with Crippen molar-refractivity contribution in [3.8, 4) is 0 Å². The highest BCUT2D eigenvalue weighted by molar-refractivity contribution is 6.44. The SMILES string of the molecule is Cc1nc2cc(NC(=O)C3=NN(c4ccccc4)[C@H](C(=O)OC(C)(C)C)C3)ccc2o1. The number of nitrogens with zero attached hydrogens (tertiary/aromatic N) is 3. The van der Waals surface area contributed by atoms with E-state index < -0.39 is 17.6 Å². The molecular formula is C23H24N4O4. The molecule has 1 aromatic heterocycles. The van der Waals surface area contributed by atoms with Crippen LogP contribution in [0.25, 0.3) is 11.1 Å². The molecular weight excluding hydrogens is 396 g/mol. The van der Waals surface area contributed by atoms with E-state index in [-0.39, 0.29) is 18.0 Å². The Kier molecular flexibility index (Phi) is 5.22. The molecule has 2 aromatic carbocycles. The van der Waals surface area contributed by atoms with E-state index in [1.165, 1.54) is 0 Å². The monoisotopic (exact) mass is 420 g/mol. The van der Waals surface area contributed by atoms with Crippen LogP contribution in [0.2, 0.25) is 0 Å². The van der Waals surface area contributed by atoms with Crippen molar-refractivity contribution in [3.63, 3.8) is 0 Å². The molecule has 0 aliphatic carbocycles. The maximum atomic E-state index is 12.9. The van der Waals surface area contributed by atoms with Crippen LogP contribution < -0.4 is 10.3 Å². The van der Waals surface area contributed by atoms with Crippen molar-refractivity contribution in [2.24, 2.45) is 5.10 Å². The second kappa shape index (κ2) is 7.86. The lowest BCUT2D eigenvalue weighted by Crippen LogP contribution is -2.40. The Labute approximate surface area is 179 Å². The van der Waals surface area contributed by atoms with Gasteiger partial charge in [-0.15, -0.1) is 0 Å². The van der Waals surface area contributed by atoms with E-state index in [9.17, 15) is 9.59 Å². The van der Waals surface area contributed by atoms with E-state index in [0.717, 1.165) is 0 Å². The van der Waals surface area contributed by atoms with Gasteiger partial charge in [0, 0.05) is 19.0 Å². The van der Waals surface area contributed by atoms with Gasteiger partial charge in [0.2, 0.25) is 0 Å². The molecule has 8 nitrogen and oxygen atoms in total. The van der Waals surface area contributed by atoms with Gasteiger partial charge in [0.15, 0.2) is 17.5 Å². The number of fused-ring (bicyclic) bond motifs is 1. The molecule has 3 aromatic rings. The summed E-state index contributed by atoms with van der Waals surface area (Å²) in [6.07, 6.45) is 0.140. The zero-order valence-electron chi connectivity index (χ0n) is 17.9. The molecule has 8 heteroatoms. The average molecular weight is 420 g/mol. The highest BCUT2D eigenvalue weighted by Crippen LogP contribution is 2.27. The molecule has 2 heterocycles. The van der Waals surface area contributed by atoms with Gasteiger partial charge in [-0.1, -0.05) is 18.2 Å². The largest absolute Gasteiger partial charge is 0.458 e. The normalized spacial score (nSPS) is 16.3. The first-order chi connectivity index (χ1) is 14.7. The van der Waals surface area contributed by atoms with Crippen molar-refractivity contribution in [2.45, 2.75) is 45.8 Å². The molecule has 1 atom stereocenters. The lowest BCUT2D eigenvalue weighted by Gasteiger charge is -2.26. The van der Waals surface area contributed by atoms with Crippen molar-refractivity contribution in [1.82, 2.24) is 4.98 Å². The maximum absolute atomic E-state index is 12.9. The number of carbonyl (C=O) groups excluding carboxylic acids is 2. The summed E-state index contributed by atoms with van der Waals surface area (Å²) in [5, 5.41) is 8.84. The molecule has 160 valence electrons. The summed E-state index contributed by atoms with van der Waals surface area (Å²) in [5.74, 6) is -0.258. The van der Waals surface area contributed by atoms with Gasteiger partial charge in [0.25, 0.3) is 5.91 Å². The summed E-state index contributed by atoms with van der Waals surface area (Å²) >= 11 is 0. The molecule has 1 aliphatic heterocycles. The van der Waals surface area contributed by atoms with Crippen LogP contribution in [0, 0.1) is 6.92 Å². The summed E-state index contributed by atoms with van der Waals surface area (Å²) in [6, 6.07) is 13.8. The van der Waals surface area contributed by atoms with E-state index in [2.05, 4.69) is 15.4 Å². The molecule has 0 saturated heterocycles. The number of hydrogen-bond donors (Lipinski definition) is 1. The van der Waals surface area contributed by atoms with Crippen LogP contribution in [0.15, 0.2) is 58.0 Å². The first-order valence-corrected chi connectivity index (χ1v) is 10.0.